The van der Waals surface area contributed by atoms with Crippen LogP contribution in [-0.2, 0) is 9.59 Å². The largest absolute Gasteiger partial charge is 0.457 e. The molecule has 1 unspecified atom stereocenters. The van der Waals surface area contributed by atoms with Crippen molar-refractivity contribution in [1.29, 1.82) is 0 Å². The molecule has 4 aliphatic rings. The molecule has 14 nitrogen and oxygen atoms in total. The van der Waals surface area contributed by atoms with E-state index in [1.807, 2.05) is 64.2 Å². The second kappa shape index (κ2) is 13.0. The lowest BCUT2D eigenvalue weighted by Crippen LogP contribution is -2.55. The highest BCUT2D eigenvalue weighted by Gasteiger charge is 2.45. The first-order chi connectivity index (χ1) is 26.1. The number of nitrogens with two attached hydrogens (primary N) is 1. The van der Waals surface area contributed by atoms with E-state index in [1.165, 1.54) is 6.33 Å². The number of amides is 4. The molecule has 3 N–H and O–H groups in total. The third-order valence-corrected chi connectivity index (χ3v) is 10.9. The fourth-order valence-corrected chi connectivity index (χ4v) is 7.96. The number of carbonyl (C=O) groups is 4. The van der Waals surface area contributed by atoms with Crippen LogP contribution in [0.4, 0.5) is 15.9 Å². The molecule has 54 heavy (non-hydrogen) atoms. The van der Waals surface area contributed by atoms with Crippen LogP contribution >= 0.6 is 0 Å². The fourth-order valence-electron chi connectivity index (χ4n) is 7.96. The summed E-state index contributed by atoms with van der Waals surface area (Å²) in [5, 5.41) is 7.84. The quantitative estimate of drug-likeness (QED) is 0.220. The number of halogens is 1. The Kier molecular flexibility index (Phi) is 8.10. The number of aromatic nitrogens is 4. The van der Waals surface area contributed by atoms with Crippen molar-refractivity contribution in [2.45, 2.75) is 43.4 Å². The van der Waals surface area contributed by atoms with Crippen LogP contribution in [0, 0.1) is 0 Å². The third-order valence-electron chi connectivity index (χ3n) is 10.9. The van der Waals surface area contributed by atoms with Gasteiger partial charge in [-0.25, -0.2) is 19.0 Å². The summed E-state index contributed by atoms with van der Waals surface area (Å²) in [7, 11) is 0. The molecule has 3 fully saturated rings. The van der Waals surface area contributed by atoms with Gasteiger partial charge in [0.1, 0.15) is 41.0 Å². The zero-order chi connectivity index (χ0) is 37.1. The van der Waals surface area contributed by atoms with Gasteiger partial charge in [0.25, 0.3) is 11.8 Å². The van der Waals surface area contributed by atoms with Crippen molar-refractivity contribution in [2.75, 3.05) is 43.4 Å². The number of nitrogens with zero attached hydrogens (tertiary/aromatic N) is 7. The smallest absolute Gasteiger partial charge is 0.262 e. The van der Waals surface area contributed by atoms with Crippen molar-refractivity contribution >= 4 is 46.2 Å². The monoisotopic (exact) mass is 729 g/mol. The number of nitrogens with one attached hydrogen (secondary N) is 1. The average Bonchev–Trinajstić information content (AvgIpc) is 3.66. The maximum Gasteiger partial charge on any atom is 0.262 e. The van der Waals surface area contributed by atoms with Gasteiger partial charge in [0, 0.05) is 63.2 Å². The minimum Gasteiger partial charge on any atom is -0.457 e. The number of piperidine rings is 2. The molecule has 0 bridgehead atoms. The summed E-state index contributed by atoms with van der Waals surface area (Å²) in [6.45, 7) is 2.35. The lowest BCUT2D eigenvalue weighted by molar-refractivity contribution is -0.136. The number of para-hydroxylation sites is 1. The number of likely N-dealkylation sites (tertiary alicyclic amines) is 1. The molecule has 2 aromatic heterocycles. The van der Waals surface area contributed by atoms with E-state index in [1.54, 1.807) is 18.2 Å². The number of nitrogen functional groups attached to an aromatic ring is 1. The molecule has 0 spiro atoms. The van der Waals surface area contributed by atoms with Gasteiger partial charge in [0.15, 0.2) is 5.65 Å². The SMILES string of the molecule is Nc1ncnc2c1c(-c1ccc(Oc3ccccc3)cc1)nn2C1CN(CC2(F)CCN(c3ccc4c(c3)C(=O)N(C3CCC(=O)NC3=O)C4=O)CC2)C1. The predicted molar refractivity (Wildman–Crippen MR) is 196 cm³/mol. The van der Waals surface area contributed by atoms with E-state index in [4.69, 9.17) is 15.6 Å². The number of hydrogen-bond acceptors (Lipinski definition) is 11. The Morgan fingerprint density at radius 2 is 1.61 bits per heavy atom. The number of carbonyl (C=O) groups excluding carboxylic acids is 4. The van der Waals surface area contributed by atoms with Crippen LogP contribution in [0.3, 0.4) is 0 Å². The van der Waals surface area contributed by atoms with Crippen LogP contribution < -0.4 is 20.7 Å². The minimum absolute atomic E-state index is 0.0219. The van der Waals surface area contributed by atoms with Gasteiger partial charge >= 0.3 is 0 Å². The molecule has 4 amide bonds. The first-order valence-corrected chi connectivity index (χ1v) is 18.0. The summed E-state index contributed by atoms with van der Waals surface area (Å²) in [4.78, 5) is 64.3. The number of fused-ring (bicyclic) bond motifs is 2. The maximum absolute atomic E-state index is 16.3. The summed E-state index contributed by atoms with van der Waals surface area (Å²) in [6.07, 6.45) is 2.17. The van der Waals surface area contributed by atoms with E-state index in [-0.39, 0.29) is 36.6 Å². The fraction of sp³-hybridized carbons (Fsp3) is 0.308. The molecule has 4 aliphatic heterocycles. The van der Waals surface area contributed by atoms with Crippen LogP contribution in [0.15, 0.2) is 79.1 Å². The van der Waals surface area contributed by atoms with E-state index in [2.05, 4.69) is 20.2 Å². The van der Waals surface area contributed by atoms with Gasteiger partial charge in [-0.15, -0.1) is 0 Å². The first-order valence-electron chi connectivity index (χ1n) is 18.0. The van der Waals surface area contributed by atoms with Gasteiger partial charge in [-0.3, -0.25) is 34.3 Å². The number of hydrogen-bond donors (Lipinski definition) is 2. The molecule has 5 aromatic rings. The van der Waals surface area contributed by atoms with Crippen molar-refractivity contribution < 1.29 is 28.3 Å². The van der Waals surface area contributed by atoms with Crippen LogP contribution in [0.5, 0.6) is 11.5 Å². The average molecular weight is 730 g/mol. The van der Waals surface area contributed by atoms with Crippen molar-refractivity contribution in [2.24, 2.45) is 0 Å². The van der Waals surface area contributed by atoms with Crippen molar-refractivity contribution in [3.8, 4) is 22.8 Å². The van der Waals surface area contributed by atoms with Gasteiger partial charge in [-0.2, -0.15) is 5.10 Å². The lowest BCUT2D eigenvalue weighted by atomic mass is 9.90. The Morgan fingerprint density at radius 3 is 2.35 bits per heavy atom. The molecule has 3 aromatic carbocycles. The maximum atomic E-state index is 16.3. The molecule has 3 saturated heterocycles. The van der Waals surface area contributed by atoms with Gasteiger partial charge in [0.05, 0.1) is 22.6 Å². The second-order valence-corrected chi connectivity index (χ2v) is 14.4. The lowest BCUT2D eigenvalue weighted by Gasteiger charge is -2.45. The van der Waals surface area contributed by atoms with Crippen LogP contribution in [0.25, 0.3) is 22.3 Å². The highest BCUT2D eigenvalue weighted by Crippen LogP contribution is 2.38. The summed E-state index contributed by atoms with van der Waals surface area (Å²) < 4.78 is 24.1. The summed E-state index contributed by atoms with van der Waals surface area (Å²) in [5.74, 6) is -0.421. The van der Waals surface area contributed by atoms with Gasteiger partial charge in [-0.05, 0) is 61.0 Å². The molecular formula is C39H36FN9O5. The molecule has 6 heterocycles. The Bertz CT molecular complexity index is 2320. The zero-order valence-corrected chi connectivity index (χ0v) is 29.2. The van der Waals surface area contributed by atoms with Gasteiger partial charge in [-0.1, -0.05) is 18.2 Å². The first kappa shape index (κ1) is 33.6. The number of rotatable bonds is 8. The zero-order valence-electron chi connectivity index (χ0n) is 29.2. The highest BCUT2D eigenvalue weighted by atomic mass is 19.1. The Balaban J connectivity index is 0.837. The Labute approximate surface area is 308 Å². The highest BCUT2D eigenvalue weighted by molar-refractivity contribution is 6.23. The molecule has 0 aliphatic carbocycles. The number of imide groups is 2. The van der Waals surface area contributed by atoms with E-state index >= 15 is 4.39 Å². The normalized spacial score (nSPS) is 20.3. The summed E-state index contributed by atoms with van der Waals surface area (Å²) >= 11 is 0. The van der Waals surface area contributed by atoms with E-state index in [0.29, 0.717) is 73.0 Å². The third kappa shape index (κ3) is 5.90. The molecular weight excluding hydrogens is 693 g/mol. The van der Waals surface area contributed by atoms with E-state index < -0.39 is 35.3 Å². The van der Waals surface area contributed by atoms with Crippen molar-refractivity contribution in [3.05, 3.63) is 90.3 Å². The molecule has 9 rings (SSSR count). The Morgan fingerprint density at radius 1 is 0.889 bits per heavy atom. The number of ether oxygens (including phenoxy) is 1. The number of alkyl halides is 1. The van der Waals surface area contributed by atoms with Gasteiger partial charge < -0.3 is 15.4 Å². The standard InChI is InChI=1S/C39H36FN9O5/c40-39(14-16-47(17-15-39)24-8-11-28-29(18-24)38(53)48(37(28)52)30-12-13-31(50)44-36(30)51)21-46-19-25(20-46)49-35-32(34(41)42-22-43-35)33(45-49)23-6-9-27(10-7-23)54-26-4-2-1-3-5-26/h1-11,18,22,25,30H,12-17,19-21H2,(H2,41,42,43)(H,44,50,51). The predicted octanol–water partition coefficient (Wildman–Crippen LogP) is 4.13. The van der Waals surface area contributed by atoms with E-state index in [9.17, 15) is 19.2 Å². The molecule has 274 valence electrons. The topological polar surface area (TPSA) is 169 Å². The van der Waals surface area contributed by atoms with Crippen molar-refractivity contribution in [3.63, 3.8) is 0 Å². The van der Waals surface area contributed by atoms with Crippen LogP contribution in [-0.4, -0.2) is 97.6 Å². The number of benzene rings is 3. The Hall–Kier alpha value is -6.22. The molecule has 0 radical (unpaired) electrons. The second-order valence-electron chi connectivity index (χ2n) is 14.4. The van der Waals surface area contributed by atoms with Gasteiger partial charge in [0.2, 0.25) is 11.8 Å². The minimum atomic E-state index is -1.40. The van der Waals surface area contributed by atoms with Crippen LogP contribution in [0.1, 0.15) is 52.4 Å². The molecule has 0 saturated carbocycles. The van der Waals surface area contributed by atoms with Crippen molar-refractivity contribution in [1.82, 2.24) is 34.9 Å². The van der Waals surface area contributed by atoms with E-state index in [0.717, 1.165) is 16.2 Å². The number of anilines is 2. The summed E-state index contributed by atoms with van der Waals surface area (Å²) in [5.41, 5.74) is 8.24. The summed E-state index contributed by atoms with van der Waals surface area (Å²) in [6, 6.07) is 21.1. The molecule has 1 atom stereocenters. The molecule has 15 heteroatoms. The van der Waals surface area contributed by atoms with Crippen LogP contribution in [0.2, 0.25) is 0 Å².